The molecule has 0 saturated heterocycles. The number of halogens is 6. The Bertz CT molecular complexity index is 1010. The van der Waals surface area contributed by atoms with Gasteiger partial charge in [0, 0.05) is 27.0 Å². The number of amides is 3. The van der Waals surface area contributed by atoms with Crippen molar-refractivity contribution in [3.05, 3.63) is 72.6 Å². The maximum atomic E-state index is 13.7. The number of carbonyl (C=O) groups is 2. The van der Waals surface area contributed by atoms with E-state index in [1.807, 2.05) is 0 Å². The molecule has 2 aromatic rings. The van der Waals surface area contributed by atoms with Crippen LogP contribution < -0.4 is 10.7 Å². The number of hydrazine groups is 1. The van der Waals surface area contributed by atoms with Crippen molar-refractivity contribution in [2.45, 2.75) is 19.0 Å². The van der Waals surface area contributed by atoms with Gasteiger partial charge < -0.3 is 5.32 Å². The highest BCUT2D eigenvalue weighted by Crippen LogP contribution is 2.38. The predicted molar refractivity (Wildman–Crippen MR) is 128 cm³/mol. The topological polar surface area (TPSA) is 61.4 Å². The van der Waals surface area contributed by atoms with Crippen LogP contribution in [0.25, 0.3) is 6.08 Å². The van der Waals surface area contributed by atoms with Gasteiger partial charge in [0.1, 0.15) is 0 Å². The smallest absolute Gasteiger partial charge is 0.337 e. The molecule has 0 aliphatic heterocycles. The lowest BCUT2D eigenvalue weighted by molar-refractivity contribution is -0.139. The van der Waals surface area contributed by atoms with E-state index >= 15 is 0 Å². The summed E-state index contributed by atoms with van der Waals surface area (Å²) in [4.78, 5) is 24.1. The molecule has 0 heterocycles. The van der Waals surface area contributed by atoms with Gasteiger partial charge >= 0.3 is 12.2 Å². The summed E-state index contributed by atoms with van der Waals surface area (Å²) in [7, 11) is 1.39. The van der Waals surface area contributed by atoms with Crippen LogP contribution in [0.4, 0.5) is 18.0 Å². The molecule has 1 atom stereocenters. The van der Waals surface area contributed by atoms with Crippen LogP contribution in [-0.2, 0) is 0 Å². The zero-order valence-electron chi connectivity index (χ0n) is 16.9. The van der Waals surface area contributed by atoms with Crippen molar-refractivity contribution in [2.24, 2.45) is 0 Å². The van der Waals surface area contributed by atoms with Gasteiger partial charge in [0.2, 0.25) is 0 Å². The summed E-state index contributed by atoms with van der Waals surface area (Å²) >= 11 is 9.70. The molecule has 2 rings (SSSR count). The summed E-state index contributed by atoms with van der Waals surface area (Å²) in [6.07, 6.45) is -2.07. The highest BCUT2D eigenvalue weighted by Gasteiger charge is 2.39. The van der Waals surface area contributed by atoms with Crippen LogP contribution in [0.3, 0.4) is 0 Å². The van der Waals surface area contributed by atoms with Gasteiger partial charge in [-0.15, -0.1) is 0 Å². The van der Waals surface area contributed by atoms with Crippen LogP contribution >= 0.6 is 47.8 Å². The number of urea groups is 1. The van der Waals surface area contributed by atoms with Crippen molar-refractivity contribution in [3.8, 4) is 0 Å². The molecular formula is C21H19Br3F3N3O2. The third-order valence-corrected chi connectivity index (χ3v) is 5.79. The van der Waals surface area contributed by atoms with E-state index in [1.165, 1.54) is 43.5 Å². The van der Waals surface area contributed by atoms with E-state index in [1.54, 1.807) is 13.0 Å². The van der Waals surface area contributed by atoms with Crippen molar-refractivity contribution >= 4 is 65.8 Å². The number of rotatable bonds is 5. The molecule has 11 heteroatoms. The van der Waals surface area contributed by atoms with E-state index in [9.17, 15) is 22.8 Å². The third kappa shape index (κ3) is 7.35. The Hall–Kier alpha value is -1.85. The minimum Gasteiger partial charge on any atom is -0.337 e. The first-order valence-electron chi connectivity index (χ1n) is 9.25. The summed E-state index contributed by atoms with van der Waals surface area (Å²) in [5.74, 6) is -2.36. The largest absolute Gasteiger partial charge is 0.399 e. The van der Waals surface area contributed by atoms with Crippen molar-refractivity contribution in [2.75, 3.05) is 13.6 Å². The molecule has 0 fully saturated rings. The predicted octanol–water partition coefficient (Wildman–Crippen LogP) is 6.64. The molecule has 0 bridgehead atoms. The van der Waals surface area contributed by atoms with E-state index in [-0.39, 0.29) is 11.1 Å². The Morgan fingerprint density at radius 1 is 1.09 bits per heavy atom. The Morgan fingerprint density at radius 2 is 1.72 bits per heavy atom. The molecule has 0 spiro atoms. The molecule has 2 N–H and O–H groups in total. The van der Waals surface area contributed by atoms with Gasteiger partial charge in [-0.2, -0.15) is 13.2 Å². The minimum atomic E-state index is -4.49. The molecule has 0 radical (unpaired) electrons. The molecule has 0 saturated carbocycles. The molecule has 0 aromatic heterocycles. The Labute approximate surface area is 208 Å². The van der Waals surface area contributed by atoms with Gasteiger partial charge in [0.25, 0.3) is 5.91 Å². The third-order valence-electron chi connectivity index (χ3n) is 4.22. The first-order chi connectivity index (χ1) is 14.9. The van der Waals surface area contributed by atoms with Crippen LogP contribution in [0.1, 0.15) is 34.3 Å². The average Bonchev–Trinajstić information content (AvgIpc) is 2.66. The number of nitrogens with zero attached hydrogens (tertiary/aromatic N) is 1. The molecule has 172 valence electrons. The zero-order chi connectivity index (χ0) is 24.1. The van der Waals surface area contributed by atoms with E-state index in [0.717, 1.165) is 11.1 Å². The summed E-state index contributed by atoms with van der Waals surface area (Å²) in [6.45, 7) is 2.15. The fourth-order valence-electron chi connectivity index (χ4n) is 2.72. The van der Waals surface area contributed by atoms with Gasteiger partial charge in [-0.1, -0.05) is 50.1 Å². The maximum Gasteiger partial charge on any atom is 0.399 e. The number of alkyl halides is 3. The van der Waals surface area contributed by atoms with Crippen molar-refractivity contribution < 1.29 is 22.8 Å². The molecule has 0 aliphatic rings. The number of benzene rings is 2. The van der Waals surface area contributed by atoms with Crippen molar-refractivity contribution in [1.29, 1.82) is 0 Å². The lowest BCUT2D eigenvalue weighted by Gasteiger charge is -2.19. The van der Waals surface area contributed by atoms with E-state index in [4.69, 9.17) is 0 Å². The second-order valence-electron chi connectivity index (χ2n) is 6.66. The fourth-order valence-corrected chi connectivity index (χ4v) is 4.63. The molecule has 3 amide bonds. The molecule has 32 heavy (non-hydrogen) atoms. The summed E-state index contributed by atoms with van der Waals surface area (Å²) in [5, 5.41) is 3.55. The standard InChI is InChI=1S/C21H19Br3F3N3O2/c1-3-28-20(32)30(2)29-19(31)16-6-4-12(8-18(16)24)5-7-17(21(25,26)27)13-9-14(22)11-15(23)10-13/h4-11,17H,3H2,1-2H3,(H,28,32)(H,29,31). The van der Waals surface area contributed by atoms with Crippen LogP contribution in [0.5, 0.6) is 0 Å². The normalized spacial score (nSPS) is 12.5. The number of hydrogen-bond acceptors (Lipinski definition) is 2. The van der Waals surface area contributed by atoms with Gasteiger partial charge in [-0.3, -0.25) is 10.2 Å². The minimum absolute atomic E-state index is 0.0819. The number of nitrogens with one attached hydrogen (secondary N) is 2. The first kappa shape index (κ1) is 26.4. The highest BCUT2D eigenvalue weighted by molar-refractivity contribution is 9.11. The lowest BCUT2D eigenvalue weighted by atomic mass is 9.97. The molecule has 1 unspecified atom stereocenters. The average molecular weight is 642 g/mol. The summed E-state index contributed by atoms with van der Waals surface area (Å²) < 4.78 is 42.5. The van der Waals surface area contributed by atoms with Crippen molar-refractivity contribution in [3.63, 3.8) is 0 Å². The number of hydrogen-bond donors (Lipinski definition) is 2. The van der Waals surface area contributed by atoms with E-state index < -0.39 is 24.0 Å². The molecule has 5 nitrogen and oxygen atoms in total. The number of carbonyl (C=O) groups excluding carboxylic acids is 2. The van der Waals surface area contributed by atoms with Crippen LogP contribution in [0.15, 0.2) is 55.9 Å². The van der Waals surface area contributed by atoms with Crippen LogP contribution in [-0.4, -0.2) is 36.7 Å². The van der Waals surface area contributed by atoms with Crippen LogP contribution in [0.2, 0.25) is 0 Å². The van der Waals surface area contributed by atoms with Gasteiger partial charge in [-0.05, 0) is 64.3 Å². The second-order valence-corrected chi connectivity index (χ2v) is 9.34. The SMILES string of the molecule is CCNC(=O)N(C)NC(=O)c1ccc(C=CC(c2cc(Br)cc(Br)c2)C(F)(F)F)cc1Br. The quantitative estimate of drug-likeness (QED) is 0.360. The molecule has 2 aromatic carbocycles. The maximum absolute atomic E-state index is 13.7. The molecule has 0 aliphatic carbocycles. The number of allylic oxidation sites excluding steroid dienone is 1. The van der Waals surface area contributed by atoms with E-state index in [0.29, 0.717) is 25.5 Å². The first-order valence-corrected chi connectivity index (χ1v) is 11.6. The van der Waals surface area contributed by atoms with Gasteiger partial charge in [0.05, 0.1) is 11.5 Å². The summed E-state index contributed by atoms with van der Waals surface area (Å²) in [5.41, 5.74) is 3.19. The second kappa shape index (κ2) is 11.3. The van der Waals surface area contributed by atoms with Crippen LogP contribution in [0, 0.1) is 0 Å². The highest BCUT2D eigenvalue weighted by atomic mass is 79.9. The molecular weight excluding hydrogens is 623 g/mol. The zero-order valence-corrected chi connectivity index (χ0v) is 21.7. The van der Waals surface area contributed by atoms with Crippen molar-refractivity contribution in [1.82, 2.24) is 15.8 Å². The monoisotopic (exact) mass is 639 g/mol. The fraction of sp³-hybridized carbons (Fsp3) is 0.238. The Balaban J connectivity index is 2.24. The summed E-state index contributed by atoms with van der Waals surface area (Å²) in [6, 6.07) is 8.53. The van der Waals surface area contributed by atoms with Gasteiger partial charge in [0.15, 0.2) is 0 Å². The Morgan fingerprint density at radius 3 is 2.25 bits per heavy atom. The van der Waals surface area contributed by atoms with E-state index in [2.05, 4.69) is 58.5 Å². The van der Waals surface area contributed by atoms with Gasteiger partial charge in [-0.25, -0.2) is 9.80 Å². The lowest BCUT2D eigenvalue weighted by Crippen LogP contribution is -2.48. The Kier molecular flexibility index (Phi) is 9.35.